The summed E-state index contributed by atoms with van der Waals surface area (Å²) in [4.78, 5) is 18.9. The summed E-state index contributed by atoms with van der Waals surface area (Å²) in [5.74, 6) is -0.793. The van der Waals surface area contributed by atoms with E-state index >= 15 is 0 Å². The minimum absolute atomic E-state index is 0.130. The van der Waals surface area contributed by atoms with Gasteiger partial charge in [-0.05, 0) is 30.2 Å². The maximum atomic E-state index is 10.4. The molecule has 2 heterocycles. The third-order valence-electron chi connectivity index (χ3n) is 2.38. The van der Waals surface area contributed by atoms with Crippen LogP contribution in [-0.2, 0) is 11.2 Å². The average molecular weight is 228 g/mol. The van der Waals surface area contributed by atoms with Crippen LogP contribution in [0, 0.1) is 0 Å². The summed E-state index contributed by atoms with van der Waals surface area (Å²) in [5, 5.41) is 8.58. The maximum Gasteiger partial charge on any atom is 0.303 e. The minimum Gasteiger partial charge on any atom is -0.481 e. The Morgan fingerprint density at radius 1 is 1.12 bits per heavy atom. The number of carboxylic acids is 1. The lowest BCUT2D eigenvalue weighted by atomic mass is 10.1. The molecule has 0 saturated heterocycles. The Balaban J connectivity index is 2.11. The zero-order chi connectivity index (χ0) is 12.1. The monoisotopic (exact) mass is 228 g/mol. The normalized spacial score (nSPS) is 10.1. The molecule has 0 aromatic carbocycles. The van der Waals surface area contributed by atoms with Crippen LogP contribution >= 0.6 is 0 Å². The van der Waals surface area contributed by atoms with Gasteiger partial charge in [-0.25, -0.2) is 0 Å². The summed E-state index contributed by atoms with van der Waals surface area (Å²) >= 11 is 0. The number of aromatic nitrogens is 2. The number of nitrogens with zero attached hydrogens (tertiary/aromatic N) is 2. The van der Waals surface area contributed by atoms with Gasteiger partial charge < -0.3 is 5.11 Å². The number of pyridine rings is 2. The molecule has 0 saturated carbocycles. The van der Waals surface area contributed by atoms with Gasteiger partial charge in [-0.15, -0.1) is 0 Å². The van der Waals surface area contributed by atoms with Crippen LogP contribution in [-0.4, -0.2) is 21.0 Å². The third-order valence-corrected chi connectivity index (χ3v) is 2.38. The van der Waals surface area contributed by atoms with Gasteiger partial charge in [0.1, 0.15) is 0 Å². The number of carboxylic acid groups (broad SMARTS) is 1. The van der Waals surface area contributed by atoms with E-state index in [1.54, 1.807) is 12.4 Å². The van der Waals surface area contributed by atoms with Crippen LogP contribution < -0.4 is 0 Å². The van der Waals surface area contributed by atoms with E-state index in [9.17, 15) is 4.79 Å². The van der Waals surface area contributed by atoms with Crippen molar-refractivity contribution in [3.63, 3.8) is 0 Å². The van der Waals surface area contributed by atoms with Gasteiger partial charge in [0.05, 0.1) is 11.4 Å². The topological polar surface area (TPSA) is 63.1 Å². The van der Waals surface area contributed by atoms with Crippen LogP contribution in [0.25, 0.3) is 11.4 Å². The van der Waals surface area contributed by atoms with Crippen molar-refractivity contribution in [3.8, 4) is 11.4 Å². The van der Waals surface area contributed by atoms with Gasteiger partial charge in [0.2, 0.25) is 0 Å². The molecule has 0 aliphatic heterocycles. The van der Waals surface area contributed by atoms with Gasteiger partial charge in [0.25, 0.3) is 0 Å². The summed E-state index contributed by atoms with van der Waals surface area (Å²) in [6, 6.07) is 9.39. The first-order chi connectivity index (χ1) is 8.25. The molecule has 0 aliphatic carbocycles. The highest BCUT2D eigenvalue weighted by Gasteiger charge is 2.02. The number of hydrogen-bond donors (Lipinski definition) is 1. The van der Waals surface area contributed by atoms with E-state index < -0.39 is 5.97 Å². The molecule has 0 atom stereocenters. The SMILES string of the molecule is O=C(O)CCc1ccc(-c2ccccn2)nc1. The lowest BCUT2D eigenvalue weighted by molar-refractivity contribution is -0.136. The molecule has 0 spiro atoms. The van der Waals surface area contributed by atoms with Crippen LogP contribution in [0.3, 0.4) is 0 Å². The minimum atomic E-state index is -0.793. The molecule has 0 amide bonds. The molecule has 86 valence electrons. The third kappa shape index (κ3) is 3.11. The van der Waals surface area contributed by atoms with Gasteiger partial charge >= 0.3 is 5.97 Å². The van der Waals surface area contributed by atoms with Gasteiger partial charge in [-0.2, -0.15) is 0 Å². The Kier molecular flexibility index (Phi) is 3.45. The van der Waals surface area contributed by atoms with Crippen molar-refractivity contribution in [2.75, 3.05) is 0 Å². The highest BCUT2D eigenvalue weighted by molar-refractivity contribution is 5.67. The van der Waals surface area contributed by atoms with Crippen molar-refractivity contribution in [3.05, 3.63) is 48.3 Å². The van der Waals surface area contributed by atoms with Gasteiger partial charge in [-0.1, -0.05) is 12.1 Å². The summed E-state index contributed by atoms with van der Waals surface area (Å²) in [6.45, 7) is 0. The molecule has 4 nitrogen and oxygen atoms in total. The predicted molar refractivity (Wildman–Crippen MR) is 63.4 cm³/mol. The summed E-state index contributed by atoms with van der Waals surface area (Å²) in [7, 11) is 0. The maximum absolute atomic E-state index is 10.4. The molecule has 2 aromatic rings. The lowest BCUT2D eigenvalue weighted by Crippen LogP contribution is -1.98. The van der Waals surface area contributed by atoms with Crippen LogP contribution in [0.2, 0.25) is 0 Å². The van der Waals surface area contributed by atoms with Crippen molar-refractivity contribution < 1.29 is 9.90 Å². The second-order valence-corrected chi connectivity index (χ2v) is 3.66. The standard InChI is InChI=1S/C13H12N2O2/c16-13(17)7-5-10-4-6-12(15-9-10)11-3-1-2-8-14-11/h1-4,6,8-9H,5,7H2,(H,16,17). The first kappa shape index (κ1) is 11.3. The molecule has 0 aliphatic rings. The Labute approximate surface area is 99.0 Å². The van der Waals surface area contributed by atoms with Crippen LogP contribution in [0.5, 0.6) is 0 Å². The molecule has 4 heteroatoms. The summed E-state index contributed by atoms with van der Waals surface area (Å²) in [5.41, 5.74) is 2.54. The quantitative estimate of drug-likeness (QED) is 0.871. The van der Waals surface area contributed by atoms with Crippen molar-refractivity contribution >= 4 is 5.97 Å². The molecule has 2 aromatic heterocycles. The molecule has 1 N–H and O–H groups in total. The van der Waals surface area contributed by atoms with E-state index in [4.69, 9.17) is 5.11 Å². The largest absolute Gasteiger partial charge is 0.481 e. The highest BCUT2D eigenvalue weighted by Crippen LogP contribution is 2.14. The van der Waals surface area contributed by atoms with Crippen LogP contribution in [0.1, 0.15) is 12.0 Å². The first-order valence-corrected chi connectivity index (χ1v) is 5.34. The Morgan fingerprint density at radius 2 is 1.94 bits per heavy atom. The smallest absolute Gasteiger partial charge is 0.303 e. The average Bonchev–Trinajstić information content (AvgIpc) is 2.38. The van der Waals surface area contributed by atoms with Crippen LogP contribution in [0.4, 0.5) is 0 Å². The molecule has 0 radical (unpaired) electrons. The van der Waals surface area contributed by atoms with Crippen molar-refractivity contribution in [2.24, 2.45) is 0 Å². The molecule has 0 unspecified atom stereocenters. The number of rotatable bonds is 4. The lowest BCUT2D eigenvalue weighted by Gasteiger charge is -2.01. The van der Waals surface area contributed by atoms with Crippen molar-refractivity contribution in [2.45, 2.75) is 12.8 Å². The zero-order valence-electron chi connectivity index (χ0n) is 9.21. The molecular weight excluding hydrogens is 216 g/mol. The Morgan fingerprint density at radius 3 is 2.53 bits per heavy atom. The second kappa shape index (κ2) is 5.21. The molecule has 17 heavy (non-hydrogen) atoms. The summed E-state index contributed by atoms with van der Waals surface area (Å²) in [6.07, 6.45) is 4.05. The fourth-order valence-corrected chi connectivity index (χ4v) is 1.49. The number of aliphatic carboxylic acids is 1. The molecule has 0 bridgehead atoms. The number of carbonyl (C=O) groups is 1. The van der Waals surface area contributed by atoms with Gasteiger partial charge in [0.15, 0.2) is 0 Å². The number of aryl methyl sites for hydroxylation is 1. The van der Waals surface area contributed by atoms with Crippen molar-refractivity contribution in [1.82, 2.24) is 9.97 Å². The first-order valence-electron chi connectivity index (χ1n) is 5.34. The van der Waals surface area contributed by atoms with E-state index in [-0.39, 0.29) is 6.42 Å². The fraction of sp³-hybridized carbons (Fsp3) is 0.154. The van der Waals surface area contributed by atoms with E-state index in [0.29, 0.717) is 6.42 Å². The van der Waals surface area contributed by atoms with Gasteiger partial charge in [-0.3, -0.25) is 14.8 Å². The molecular formula is C13H12N2O2. The van der Waals surface area contributed by atoms with Crippen LogP contribution in [0.15, 0.2) is 42.7 Å². The molecule has 2 rings (SSSR count). The summed E-state index contributed by atoms with van der Waals surface area (Å²) < 4.78 is 0. The highest BCUT2D eigenvalue weighted by atomic mass is 16.4. The second-order valence-electron chi connectivity index (χ2n) is 3.66. The van der Waals surface area contributed by atoms with Gasteiger partial charge in [0, 0.05) is 18.8 Å². The van der Waals surface area contributed by atoms with E-state index in [1.165, 1.54) is 0 Å². The Hall–Kier alpha value is -2.23. The van der Waals surface area contributed by atoms with E-state index in [0.717, 1.165) is 17.0 Å². The van der Waals surface area contributed by atoms with E-state index in [1.807, 2.05) is 30.3 Å². The Bertz CT molecular complexity index is 495. The fourth-order valence-electron chi connectivity index (χ4n) is 1.49. The van der Waals surface area contributed by atoms with E-state index in [2.05, 4.69) is 9.97 Å². The number of hydrogen-bond acceptors (Lipinski definition) is 3. The molecule has 0 fully saturated rings. The van der Waals surface area contributed by atoms with Crippen molar-refractivity contribution in [1.29, 1.82) is 0 Å². The zero-order valence-corrected chi connectivity index (χ0v) is 9.21. The predicted octanol–water partition coefficient (Wildman–Crippen LogP) is 2.16.